The summed E-state index contributed by atoms with van der Waals surface area (Å²) in [6, 6.07) is 0. The van der Waals surface area contributed by atoms with Crippen LogP contribution in [0.5, 0.6) is 0 Å². The van der Waals surface area contributed by atoms with E-state index >= 15 is 0 Å². The van der Waals surface area contributed by atoms with Crippen LogP contribution in [0, 0.1) is 0 Å². The Hall–Kier alpha value is 3.67. The molecule has 0 aromatic carbocycles. The molecular formula is Al2Au2O3Zn2. The molecule has 9 heavy (non-hydrogen) atoms. The zero-order valence-corrected chi connectivity index (χ0v) is 17.0. The average Bonchev–Trinajstić information content (AvgIpc) is 0. The van der Waals surface area contributed by atoms with Crippen LogP contribution >= 0.6 is 0 Å². The first-order valence-electron chi connectivity index (χ1n) is 0. The summed E-state index contributed by atoms with van der Waals surface area (Å²) in [6.45, 7) is 0. The van der Waals surface area contributed by atoms with Crippen LogP contribution in [0.2, 0.25) is 0 Å². The van der Waals surface area contributed by atoms with Gasteiger partial charge in [0.1, 0.15) is 0 Å². The van der Waals surface area contributed by atoms with Gasteiger partial charge >= 0.3 is 34.7 Å². The molecule has 0 saturated heterocycles. The van der Waals surface area contributed by atoms with E-state index in [2.05, 4.69) is 0 Å². The van der Waals surface area contributed by atoms with Gasteiger partial charge in [-0.15, -0.1) is 0 Å². The molecule has 0 aromatic rings. The van der Waals surface area contributed by atoms with Crippen molar-refractivity contribution in [2.45, 2.75) is 0 Å². The SMILES string of the molecule is [Al+3].[Al+3].[Au].[Au].[O-2].[O-2].[O-2].[Zn].[Zn]. The minimum absolute atomic E-state index is 0. The molecule has 0 aromatic heterocycles. The van der Waals surface area contributed by atoms with Crippen LogP contribution in [0.15, 0.2) is 0 Å². The molecule has 0 heterocycles. The second-order valence-corrected chi connectivity index (χ2v) is 0. The quantitative estimate of drug-likeness (QED) is 0.305. The molecule has 0 amide bonds. The molecule has 0 N–H and O–H groups in total. The average molecular weight is 627 g/mol. The molecule has 0 unspecified atom stereocenters. The van der Waals surface area contributed by atoms with E-state index in [0.717, 1.165) is 0 Å². The van der Waals surface area contributed by atoms with E-state index in [4.69, 9.17) is 0 Å². The minimum Gasteiger partial charge on any atom is -2.00 e. The summed E-state index contributed by atoms with van der Waals surface area (Å²) in [5.74, 6) is 0. The number of hydrogen-bond acceptors (Lipinski definition) is 0. The van der Waals surface area contributed by atoms with Gasteiger partial charge in [-0.3, -0.25) is 0 Å². The minimum atomic E-state index is 0. The second-order valence-electron chi connectivity index (χ2n) is 0. The van der Waals surface area contributed by atoms with Crippen molar-refractivity contribution >= 4 is 34.7 Å². The molecule has 0 spiro atoms. The third-order valence-corrected chi connectivity index (χ3v) is 0. The fourth-order valence-corrected chi connectivity index (χ4v) is 0. The Balaban J connectivity index is 0. The van der Waals surface area contributed by atoms with Gasteiger partial charge in [-0.25, -0.2) is 0 Å². The molecule has 0 fully saturated rings. The Labute approximate surface area is 133 Å². The van der Waals surface area contributed by atoms with Crippen LogP contribution in [0.4, 0.5) is 0 Å². The van der Waals surface area contributed by atoms with Crippen LogP contribution in [-0.4, -0.2) is 34.7 Å². The third kappa shape index (κ3) is 81.0. The van der Waals surface area contributed by atoms with Gasteiger partial charge in [-0.05, 0) is 0 Å². The predicted octanol–water partition coefficient (Wildman–Crippen LogP) is -1.13. The van der Waals surface area contributed by atoms with Gasteiger partial charge < -0.3 is 16.4 Å². The van der Waals surface area contributed by atoms with Crippen molar-refractivity contribution in [1.82, 2.24) is 0 Å². The molecule has 3 nitrogen and oxygen atoms in total. The van der Waals surface area contributed by atoms with Crippen molar-refractivity contribution in [3.05, 3.63) is 0 Å². The van der Waals surface area contributed by atoms with E-state index in [0.29, 0.717) is 0 Å². The Morgan fingerprint density at radius 3 is 0.444 bits per heavy atom. The molecule has 9 heteroatoms. The van der Waals surface area contributed by atoms with Gasteiger partial charge in [0.15, 0.2) is 0 Å². The summed E-state index contributed by atoms with van der Waals surface area (Å²) < 4.78 is 0. The van der Waals surface area contributed by atoms with Crippen LogP contribution in [-0.2, 0) is 100 Å². The Kier molecular flexibility index (Phi) is 1400. The van der Waals surface area contributed by atoms with Crippen molar-refractivity contribution in [2.75, 3.05) is 0 Å². The molecule has 0 aliphatic heterocycles. The molecule has 0 saturated carbocycles. The fraction of sp³-hybridized carbons (Fsp3) is 0. The fourth-order valence-electron chi connectivity index (χ4n) is 0. The van der Waals surface area contributed by atoms with Gasteiger partial charge in [0.2, 0.25) is 0 Å². The van der Waals surface area contributed by atoms with Crippen molar-refractivity contribution in [3.8, 4) is 0 Å². The second kappa shape index (κ2) is 98.6. The topological polar surface area (TPSA) is 85.5 Å². The van der Waals surface area contributed by atoms with E-state index in [9.17, 15) is 0 Å². The predicted molar refractivity (Wildman–Crippen MR) is 13.6 cm³/mol. The molecule has 0 aliphatic rings. The first-order valence-corrected chi connectivity index (χ1v) is 0. The maximum atomic E-state index is 0. The largest absolute Gasteiger partial charge is 3.00 e. The zero-order chi connectivity index (χ0) is 0. The molecule has 0 rings (SSSR count). The summed E-state index contributed by atoms with van der Waals surface area (Å²) in [7, 11) is 0. The van der Waals surface area contributed by atoms with Crippen molar-refractivity contribution in [3.63, 3.8) is 0 Å². The first kappa shape index (κ1) is 128. The summed E-state index contributed by atoms with van der Waals surface area (Å²) in [5.41, 5.74) is 0. The van der Waals surface area contributed by atoms with Gasteiger partial charge in [0.05, 0.1) is 0 Å². The van der Waals surface area contributed by atoms with E-state index in [1.54, 1.807) is 0 Å². The number of rotatable bonds is 0. The van der Waals surface area contributed by atoms with Crippen LogP contribution in [0.3, 0.4) is 0 Å². The molecule has 0 aliphatic carbocycles. The smallest absolute Gasteiger partial charge is 2.00 e. The Morgan fingerprint density at radius 1 is 0.444 bits per heavy atom. The van der Waals surface area contributed by atoms with Crippen LogP contribution in [0.1, 0.15) is 0 Å². The number of hydrogen-bond donors (Lipinski definition) is 0. The molecule has 50 valence electrons. The third-order valence-electron chi connectivity index (χ3n) is 0. The monoisotopic (exact) mass is 624 g/mol. The van der Waals surface area contributed by atoms with E-state index < -0.39 is 0 Å². The molecular weight excluding hydrogens is 627 g/mol. The van der Waals surface area contributed by atoms with Crippen molar-refractivity contribution in [2.24, 2.45) is 0 Å². The van der Waals surface area contributed by atoms with Gasteiger partial charge in [0.25, 0.3) is 0 Å². The summed E-state index contributed by atoms with van der Waals surface area (Å²) in [4.78, 5) is 0. The van der Waals surface area contributed by atoms with Gasteiger partial charge in [0, 0.05) is 83.7 Å². The van der Waals surface area contributed by atoms with E-state index in [1.807, 2.05) is 0 Å². The Morgan fingerprint density at radius 2 is 0.444 bits per heavy atom. The summed E-state index contributed by atoms with van der Waals surface area (Å²) >= 11 is 0. The van der Waals surface area contributed by atoms with Gasteiger partial charge in [-0.1, -0.05) is 0 Å². The molecule has 0 atom stereocenters. The maximum Gasteiger partial charge on any atom is 3.00 e. The first-order chi connectivity index (χ1) is 0. The van der Waals surface area contributed by atoms with Crippen molar-refractivity contribution in [1.29, 1.82) is 0 Å². The van der Waals surface area contributed by atoms with Crippen LogP contribution in [0.25, 0.3) is 0 Å². The van der Waals surface area contributed by atoms with Crippen molar-refractivity contribution < 1.29 is 100 Å². The van der Waals surface area contributed by atoms with E-state index in [1.165, 1.54) is 0 Å². The molecule has 0 bridgehead atoms. The maximum absolute atomic E-state index is 0. The van der Waals surface area contributed by atoms with E-state index in [-0.39, 0.29) is 135 Å². The molecule has 2 radical (unpaired) electrons. The summed E-state index contributed by atoms with van der Waals surface area (Å²) in [6.07, 6.45) is 0. The Bertz CT molecular complexity index is 17.8. The summed E-state index contributed by atoms with van der Waals surface area (Å²) in [5, 5.41) is 0. The normalized spacial score (nSPS) is 0. The standard InChI is InChI=1S/2Al.2Au.3O.2Zn/q2*+3;;;3*-2;;. The zero-order valence-electron chi connectivity index (χ0n) is 4.40. The van der Waals surface area contributed by atoms with Gasteiger partial charge in [-0.2, -0.15) is 0 Å². The van der Waals surface area contributed by atoms with Crippen LogP contribution < -0.4 is 0 Å².